The number of rotatable bonds is 4. The van der Waals surface area contributed by atoms with E-state index < -0.39 is 0 Å². The molecule has 1 nitrogen and oxygen atoms in total. The Bertz CT molecular complexity index is 511. The first-order valence-corrected chi connectivity index (χ1v) is 6.65. The first kappa shape index (κ1) is 13.3. The molecule has 0 aromatic heterocycles. The lowest BCUT2D eigenvalue weighted by molar-refractivity contribution is 0.337. The van der Waals surface area contributed by atoms with E-state index in [4.69, 9.17) is 27.9 Å². The van der Waals surface area contributed by atoms with E-state index in [1.807, 2.05) is 55.5 Å². The van der Waals surface area contributed by atoms with Crippen LogP contribution in [0.3, 0.4) is 0 Å². The molecule has 0 saturated carbocycles. The Kier molecular flexibility index (Phi) is 4.51. The van der Waals surface area contributed by atoms with Gasteiger partial charge in [0.1, 0.15) is 5.75 Å². The molecule has 0 amide bonds. The molecule has 0 saturated heterocycles. The quantitative estimate of drug-likeness (QED) is 0.711. The molecule has 18 heavy (non-hydrogen) atoms. The second-order valence-corrected chi connectivity index (χ2v) is 4.76. The molecule has 1 unspecified atom stereocenters. The molecular weight excluding hydrogens is 267 g/mol. The predicted octanol–water partition coefficient (Wildman–Crippen LogP) is 5.07. The average Bonchev–Trinajstić information content (AvgIpc) is 2.41. The Labute approximate surface area is 117 Å². The Balaban J connectivity index is 2.40. The van der Waals surface area contributed by atoms with Gasteiger partial charge in [0, 0.05) is 10.6 Å². The SMILES string of the molecule is CCOc1ccc(Cl)cc1C(Cl)c1ccccc1. The monoisotopic (exact) mass is 280 g/mol. The molecule has 94 valence electrons. The zero-order valence-electron chi connectivity index (χ0n) is 10.1. The minimum atomic E-state index is -0.258. The van der Waals surface area contributed by atoms with E-state index in [1.54, 1.807) is 0 Å². The van der Waals surface area contributed by atoms with E-state index in [2.05, 4.69) is 0 Å². The topological polar surface area (TPSA) is 9.23 Å². The third-order valence-electron chi connectivity index (χ3n) is 2.64. The summed E-state index contributed by atoms with van der Waals surface area (Å²) in [4.78, 5) is 0. The third kappa shape index (κ3) is 2.98. The van der Waals surface area contributed by atoms with E-state index in [1.165, 1.54) is 0 Å². The smallest absolute Gasteiger partial charge is 0.124 e. The number of benzene rings is 2. The molecule has 0 aliphatic carbocycles. The van der Waals surface area contributed by atoms with Crippen molar-refractivity contribution in [2.45, 2.75) is 12.3 Å². The van der Waals surface area contributed by atoms with Gasteiger partial charge in [0.15, 0.2) is 0 Å². The van der Waals surface area contributed by atoms with Gasteiger partial charge in [0.2, 0.25) is 0 Å². The predicted molar refractivity (Wildman–Crippen MR) is 76.8 cm³/mol. The van der Waals surface area contributed by atoms with Crippen LogP contribution in [0.4, 0.5) is 0 Å². The molecule has 3 heteroatoms. The van der Waals surface area contributed by atoms with Gasteiger partial charge in [0.05, 0.1) is 12.0 Å². The summed E-state index contributed by atoms with van der Waals surface area (Å²) in [5.41, 5.74) is 1.93. The summed E-state index contributed by atoms with van der Waals surface area (Å²) in [6, 6.07) is 15.4. The van der Waals surface area contributed by atoms with Crippen molar-refractivity contribution in [1.82, 2.24) is 0 Å². The van der Waals surface area contributed by atoms with Crippen LogP contribution in [0.2, 0.25) is 5.02 Å². The minimum absolute atomic E-state index is 0.258. The van der Waals surface area contributed by atoms with Gasteiger partial charge < -0.3 is 4.74 Å². The van der Waals surface area contributed by atoms with Crippen LogP contribution in [0, 0.1) is 0 Å². The molecular formula is C15H14Cl2O. The standard InChI is InChI=1S/C15H14Cl2O/c1-2-18-14-9-8-12(16)10-13(14)15(17)11-6-4-3-5-7-11/h3-10,15H,2H2,1H3. The highest BCUT2D eigenvalue weighted by molar-refractivity contribution is 6.31. The summed E-state index contributed by atoms with van der Waals surface area (Å²) in [6.07, 6.45) is 0. The summed E-state index contributed by atoms with van der Waals surface area (Å²) in [5.74, 6) is 0.783. The largest absolute Gasteiger partial charge is 0.494 e. The van der Waals surface area contributed by atoms with Gasteiger partial charge >= 0.3 is 0 Å². The molecule has 2 aromatic carbocycles. The molecule has 0 aliphatic heterocycles. The zero-order chi connectivity index (χ0) is 13.0. The second-order valence-electron chi connectivity index (χ2n) is 3.89. The molecule has 0 spiro atoms. The maximum Gasteiger partial charge on any atom is 0.124 e. The lowest BCUT2D eigenvalue weighted by Crippen LogP contribution is -2.00. The van der Waals surface area contributed by atoms with Gasteiger partial charge in [-0.2, -0.15) is 0 Å². The average molecular weight is 281 g/mol. The van der Waals surface area contributed by atoms with Crippen LogP contribution < -0.4 is 4.74 Å². The van der Waals surface area contributed by atoms with Crippen molar-refractivity contribution >= 4 is 23.2 Å². The van der Waals surface area contributed by atoms with Crippen molar-refractivity contribution in [3.8, 4) is 5.75 Å². The molecule has 0 aliphatic rings. The number of hydrogen-bond donors (Lipinski definition) is 0. The molecule has 2 rings (SSSR count). The summed E-state index contributed by atoms with van der Waals surface area (Å²) in [7, 11) is 0. The fourth-order valence-electron chi connectivity index (χ4n) is 1.81. The Morgan fingerprint density at radius 3 is 2.50 bits per heavy atom. The molecule has 0 fully saturated rings. The van der Waals surface area contributed by atoms with Crippen molar-refractivity contribution < 1.29 is 4.74 Å². The van der Waals surface area contributed by atoms with Crippen molar-refractivity contribution in [2.75, 3.05) is 6.61 Å². The van der Waals surface area contributed by atoms with Crippen LogP contribution in [0.25, 0.3) is 0 Å². The van der Waals surface area contributed by atoms with Crippen LogP contribution in [0.15, 0.2) is 48.5 Å². The van der Waals surface area contributed by atoms with Gasteiger partial charge in [-0.15, -0.1) is 11.6 Å². The second kappa shape index (κ2) is 6.12. The normalized spacial score (nSPS) is 12.2. The highest BCUT2D eigenvalue weighted by Gasteiger charge is 2.16. The van der Waals surface area contributed by atoms with E-state index in [-0.39, 0.29) is 5.38 Å². The molecule has 2 aromatic rings. The summed E-state index contributed by atoms with van der Waals surface area (Å²) in [6.45, 7) is 2.55. The Morgan fingerprint density at radius 2 is 1.83 bits per heavy atom. The van der Waals surface area contributed by atoms with Crippen LogP contribution in [0.5, 0.6) is 5.75 Å². The molecule has 1 atom stereocenters. The Hall–Kier alpha value is -1.18. The lowest BCUT2D eigenvalue weighted by Gasteiger charge is -2.15. The number of alkyl halides is 1. The highest BCUT2D eigenvalue weighted by atomic mass is 35.5. The van der Waals surface area contributed by atoms with Crippen molar-refractivity contribution in [3.63, 3.8) is 0 Å². The molecule has 0 heterocycles. The van der Waals surface area contributed by atoms with Crippen molar-refractivity contribution in [1.29, 1.82) is 0 Å². The fourth-order valence-corrected chi connectivity index (χ4v) is 2.30. The van der Waals surface area contributed by atoms with Crippen molar-refractivity contribution in [3.05, 3.63) is 64.7 Å². The summed E-state index contributed by atoms with van der Waals surface area (Å²) < 4.78 is 5.59. The van der Waals surface area contributed by atoms with E-state index in [0.29, 0.717) is 11.6 Å². The molecule has 0 bridgehead atoms. The lowest BCUT2D eigenvalue weighted by atomic mass is 10.0. The van der Waals surface area contributed by atoms with E-state index in [0.717, 1.165) is 16.9 Å². The fraction of sp³-hybridized carbons (Fsp3) is 0.200. The van der Waals surface area contributed by atoms with Crippen LogP contribution in [-0.2, 0) is 0 Å². The van der Waals surface area contributed by atoms with Gasteiger partial charge in [-0.3, -0.25) is 0 Å². The molecule has 0 N–H and O–H groups in total. The maximum absolute atomic E-state index is 6.51. The third-order valence-corrected chi connectivity index (χ3v) is 3.36. The first-order chi connectivity index (χ1) is 8.72. The van der Waals surface area contributed by atoms with Crippen molar-refractivity contribution in [2.24, 2.45) is 0 Å². The number of ether oxygens (including phenoxy) is 1. The van der Waals surface area contributed by atoms with Crippen LogP contribution in [0.1, 0.15) is 23.4 Å². The van der Waals surface area contributed by atoms with Crippen LogP contribution in [-0.4, -0.2) is 6.61 Å². The van der Waals surface area contributed by atoms with Gasteiger partial charge in [-0.1, -0.05) is 41.9 Å². The van der Waals surface area contributed by atoms with Gasteiger partial charge in [-0.25, -0.2) is 0 Å². The van der Waals surface area contributed by atoms with Crippen LogP contribution >= 0.6 is 23.2 Å². The van der Waals surface area contributed by atoms with E-state index in [9.17, 15) is 0 Å². The number of hydrogen-bond acceptors (Lipinski definition) is 1. The van der Waals surface area contributed by atoms with Gasteiger partial charge in [0.25, 0.3) is 0 Å². The first-order valence-electron chi connectivity index (χ1n) is 5.83. The summed E-state index contributed by atoms with van der Waals surface area (Å²) in [5, 5.41) is 0.404. The highest BCUT2D eigenvalue weighted by Crippen LogP contribution is 2.36. The number of halogens is 2. The zero-order valence-corrected chi connectivity index (χ0v) is 11.6. The summed E-state index contributed by atoms with van der Waals surface area (Å²) >= 11 is 12.5. The maximum atomic E-state index is 6.51. The minimum Gasteiger partial charge on any atom is -0.494 e. The van der Waals surface area contributed by atoms with Gasteiger partial charge in [-0.05, 0) is 30.7 Å². The van der Waals surface area contributed by atoms with E-state index >= 15 is 0 Å². The Morgan fingerprint density at radius 1 is 1.11 bits per heavy atom. The molecule has 0 radical (unpaired) electrons.